The number of carboxylic acids is 1. The summed E-state index contributed by atoms with van der Waals surface area (Å²) in [5.41, 5.74) is 12.3. The van der Waals surface area contributed by atoms with E-state index in [2.05, 4.69) is 21.2 Å². The Labute approximate surface area is 152 Å². The molecule has 0 spiro atoms. The monoisotopic (exact) mass is 383 g/mol. The lowest BCUT2D eigenvalue weighted by Crippen LogP contribution is -2.33. The van der Waals surface area contributed by atoms with Gasteiger partial charge in [-0.05, 0) is 10.9 Å². The predicted octanol–water partition coefficient (Wildman–Crippen LogP) is -0.893. The highest BCUT2D eigenvalue weighted by Crippen LogP contribution is 2.32. The molecule has 3 heterocycles. The van der Waals surface area contributed by atoms with Gasteiger partial charge in [0.15, 0.2) is 17.7 Å². The molecule has 26 heavy (non-hydrogen) atoms. The number of ether oxygens (including phenoxy) is 1. The van der Waals surface area contributed by atoms with Gasteiger partial charge in [-0.25, -0.2) is 15.0 Å². The minimum absolute atomic E-state index is 0.0544. The molecule has 0 aromatic carbocycles. The third-order valence-corrected chi connectivity index (χ3v) is 6.27. The van der Waals surface area contributed by atoms with Crippen LogP contribution in [-0.2, 0) is 20.4 Å². The number of carboxylic acid groups (broad SMARTS) is 1. The highest BCUT2D eigenvalue weighted by atomic mass is 32.2. The number of fused-ring (bicyclic) bond motifs is 1. The van der Waals surface area contributed by atoms with E-state index in [1.54, 1.807) is 10.9 Å². The van der Waals surface area contributed by atoms with Crippen molar-refractivity contribution >= 4 is 33.8 Å². The fraction of sp³-hybridized carbons (Fsp3) is 0.600. The number of hydrogen-bond acceptors (Lipinski definition) is 8. The number of aliphatic hydroxyl groups is 1. The number of anilines is 1. The lowest BCUT2D eigenvalue weighted by Gasteiger charge is -2.16. The molecule has 1 saturated heterocycles. The Hall–Kier alpha value is -1.95. The first-order valence-electron chi connectivity index (χ1n) is 8.21. The normalized spacial score (nSPS) is 25.4. The quantitative estimate of drug-likeness (QED) is 0.444. The van der Waals surface area contributed by atoms with Gasteiger partial charge in [0.05, 0.1) is 12.6 Å². The second kappa shape index (κ2) is 7.74. The molecule has 0 radical (unpaired) electrons. The Morgan fingerprint density at radius 3 is 3.00 bits per heavy atom. The largest absolute Gasteiger partial charge is 0.480 e. The SMILES string of the molecule is C[S+](CCC(N)C(=O)O)C[C@@H]1C[C@@H](O)C(n2cnc3c(N)ncnc32)O1. The van der Waals surface area contributed by atoms with Gasteiger partial charge in [-0.1, -0.05) is 0 Å². The number of nitrogens with two attached hydrogens (primary N) is 2. The minimum Gasteiger partial charge on any atom is -0.480 e. The van der Waals surface area contributed by atoms with E-state index in [1.165, 1.54) is 6.33 Å². The second-order valence-corrected chi connectivity index (χ2v) is 8.72. The lowest BCUT2D eigenvalue weighted by atomic mass is 10.2. The van der Waals surface area contributed by atoms with Crippen molar-refractivity contribution in [3.63, 3.8) is 0 Å². The summed E-state index contributed by atoms with van der Waals surface area (Å²) in [7, 11) is -0.0544. The van der Waals surface area contributed by atoms with E-state index in [9.17, 15) is 9.90 Å². The summed E-state index contributed by atoms with van der Waals surface area (Å²) in [5.74, 6) is 0.751. The molecule has 3 rings (SSSR count). The van der Waals surface area contributed by atoms with Crippen molar-refractivity contribution < 1.29 is 19.7 Å². The molecule has 142 valence electrons. The van der Waals surface area contributed by atoms with Crippen molar-refractivity contribution in [2.75, 3.05) is 23.5 Å². The Balaban J connectivity index is 1.62. The van der Waals surface area contributed by atoms with E-state index in [-0.39, 0.29) is 22.8 Å². The fourth-order valence-corrected chi connectivity index (χ4v) is 4.67. The van der Waals surface area contributed by atoms with Gasteiger partial charge in [0.2, 0.25) is 0 Å². The molecule has 1 aliphatic rings. The number of aromatic nitrogens is 4. The molecular formula is C15H23N6O4S+. The second-order valence-electron chi connectivity index (χ2n) is 6.42. The molecular weight excluding hydrogens is 360 g/mol. The van der Waals surface area contributed by atoms with Gasteiger partial charge < -0.3 is 26.4 Å². The highest BCUT2D eigenvalue weighted by molar-refractivity contribution is 7.96. The average Bonchev–Trinajstić information content (AvgIpc) is 3.16. The molecule has 2 aromatic rings. The van der Waals surface area contributed by atoms with Crippen LogP contribution < -0.4 is 11.5 Å². The summed E-state index contributed by atoms with van der Waals surface area (Å²) in [6.45, 7) is 0. The van der Waals surface area contributed by atoms with E-state index in [0.717, 1.165) is 5.75 Å². The Morgan fingerprint density at radius 2 is 2.27 bits per heavy atom. The number of hydrogen-bond donors (Lipinski definition) is 4. The molecule has 6 N–H and O–H groups in total. The maximum absolute atomic E-state index is 10.8. The van der Waals surface area contributed by atoms with E-state index in [4.69, 9.17) is 21.3 Å². The molecule has 2 aromatic heterocycles. The number of imidazole rings is 1. The number of aliphatic hydroxyl groups excluding tert-OH is 1. The average molecular weight is 383 g/mol. The molecule has 0 bridgehead atoms. The first-order valence-corrected chi connectivity index (χ1v) is 10.2. The van der Waals surface area contributed by atoms with Gasteiger partial charge in [0.25, 0.3) is 0 Å². The zero-order valence-electron chi connectivity index (χ0n) is 14.4. The summed E-state index contributed by atoms with van der Waals surface area (Å²) in [5, 5.41) is 19.3. The molecule has 1 aliphatic heterocycles. The smallest absolute Gasteiger partial charge is 0.320 e. The number of rotatable bonds is 7. The molecule has 11 heteroatoms. The van der Waals surface area contributed by atoms with E-state index in [0.29, 0.717) is 29.8 Å². The zero-order chi connectivity index (χ0) is 18.8. The summed E-state index contributed by atoms with van der Waals surface area (Å²) in [4.78, 5) is 23.1. The third kappa shape index (κ3) is 3.90. The van der Waals surface area contributed by atoms with Gasteiger partial charge in [-0.15, -0.1) is 0 Å². The molecule has 10 nitrogen and oxygen atoms in total. The van der Waals surface area contributed by atoms with Crippen LogP contribution >= 0.6 is 0 Å². The third-order valence-electron chi connectivity index (χ3n) is 4.39. The van der Waals surface area contributed by atoms with E-state index < -0.39 is 24.3 Å². The van der Waals surface area contributed by atoms with Gasteiger partial charge in [0, 0.05) is 12.8 Å². The molecule has 0 amide bonds. The van der Waals surface area contributed by atoms with E-state index >= 15 is 0 Å². The number of aliphatic carboxylic acids is 1. The topological polar surface area (TPSA) is 162 Å². The van der Waals surface area contributed by atoms with Gasteiger partial charge in [-0.3, -0.25) is 9.36 Å². The summed E-state index contributed by atoms with van der Waals surface area (Å²) < 4.78 is 7.69. The minimum atomic E-state index is -0.983. The number of carbonyl (C=O) groups is 1. The summed E-state index contributed by atoms with van der Waals surface area (Å²) in [6.07, 6.45) is 4.47. The first-order chi connectivity index (χ1) is 12.4. The highest BCUT2D eigenvalue weighted by Gasteiger charge is 2.39. The maximum atomic E-state index is 10.8. The van der Waals surface area contributed by atoms with Crippen molar-refractivity contribution in [3.05, 3.63) is 12.7 Å². The lowest BCUT2D eigenvalue weighted by molar-refractivity contribution is -0.138. The standard InChI is InChI=1S/C15H22N6O4S/c1-26(3-2-9(16)15(23)24)5-8-4-10(22)14(25-8)21-7-20-11-12(17)18-6-19-13(11)21/h6-10,14,22H,2-5,16H2,1H3,(H2-,17,18,19,23,24)/p+1/t8-,9?,10+,14?,26?/m0/s1. The molecule has 3 unspecified atom stereocenters. The van der Waals surface area contributed by atoms with Crippen LogP contribution in [0.1, 0.15) is 19.1 Å². The van der Waals surface area contributed by atoms with Crippen LogP contribution in [0.25, 0.3) is 11.2 Å². The number of nitrogens with zero attached hydrogens (tertiary/aromatic N) is 4. The molecule has 0 aliphatic carbocycles. The van der Waals surface area contributed by atoms with Crippen LogP contribution in [0.3, 0.4) is 0 Å². The van der Waals surface area contributed by atoms with Crippen LogP contribution in [0.4, 0.5) is 5.82 Å². The van der Waals surface area contributed by atoms with Crippen molar-refractivity contribution in [1.29, 1.82) is 0 Å². The predicted molar refractivity (Wildman–Crippen MR) is 97.5 cm³/mol. The summed E-state index contributed by atoms with van der Waals surface area (Å²) in [6, 6.07) is -0.838. The van der Waals surface area contributed by atoms with Crippen LogP contribution in [0, 0.1) is 0 Å². The van der Waals surface area contributed by atoms with E-state index in [1.807, 2.05) is 0 Å². The van der Waals surface area contributed by atoms with Gasteiger partial charge in [-0.2, -0.15) is 0 Å². The first kappa shape index (κ1) is 18.8. The summed E-state index contributed by atoms with van der Waals surface area (Å²) >= 11 is 0. The van der Waals surface area contributed by atoms with Gasteiger partial charge >= 0.3 is 5.97 Å². The van der Waals surface area contributed by atoms with Crippen molar-refractivity contribution in [2.45, 2.75) is 37.3 Å². The van der Waals surface area contributed by atoms with Crippen LogP contribution in [0.2, 0.25) is 0 Å². The Bertz CT molecular complexity index is 787. The molecule has 1 fully saturated rings. The number of nitrogen functional groups attached to an aromatic ring is 1. The Kier molecular flexibility index (Phi) is 5.61. The van der Waals surface area contributed by atoms with Crippen molar-refractivity contribution in [3.8, 4) is 0 Å². The van der Waals surface area contributed by atoms with Crippen LogP contribution in [0.5, 0.6) is 0 Å². The van der Waals surface area contributed by atoms with Gasteiger partial charge in [0.1, 0.15) is 41.6 Å². The van der Waals surface area contributed by atoms with Crippen molar-refractivity contribution in [1.82, 2.24) is 19.5 Å². The Morgan fingerprint density at radius 1 is 1.50 bits per heavy atom. The van der Waals surface area contributed by atoms with Crippen molar-refractivity contribution in [2.24, 2.45) is 5.73 Å². The van der Waals surface area contributed by atoms with Crippen LogP contribution in [0.15, 0.2) is 12.7 Å². The fourth-order valence-electron chi connectivity index (χ4n) is 3.00. The molecule has 5 atom stereocenters. The maximum Gasteiger partial charge on any atom is 0.320 e. The zero-order valence-corrected chi connectivity index (χ0v) is 15.2. The molecule has 0 saturated carbocycles. The van der Waals surface area contributed by atoms with Crippen LogP contribution in [-0.4, -0.2) is 71.7 Å².